The van der Waals surface area contributed by atoms with Gasteiger partial charge in [-0.25, -0.2) is 4.79 Å². The molecular weight excluding hydrogens is 386 g/mol. The molecule has 0 saturated carbocycles. The molecule has 9 heteroatoms. The van der Waals surface area contributed by atoms with Gasteiger partial charge in [0.2, 0.25) is 11.7 Å². The van der Waals surface area contributed by atoms with Crippen LogP contribution in [0, 0.1) is 11.3 Å². The second-order valence-electron chi connectivity index (χ2n) is 6.85. The van der Waals surface area contributed by atoms with Crippen LogP contribution >= 0.6 is 0 Å². The molecule has 2 aromatic carbocycles. The summed E-state index contributed by atoms with van der Waals surface area (Å²) in [4.78, 5) is 30.9. The van der Waals surface area contributed by atoms with E-state index in [0.717, 1.165) is 4.90 Å². The van der Waals surface area contributed by atoms with Crippen molar-refractivity contribution < 1.29 is 18.8 Å². The topological polar surface area (TPSA) is 121 Å². The molecular formula is C21H17N5O4. The molecule has 150 valence electrons. The molecule has 3 amide bonds. The van der Waals surface area contributed by atoms with Crippen molar-refractivity contribution in [3.63, 3.8) is 0 Å². The highest BCUT2D eigenvalue weighted by Gasteiger charge is 2.49. The Hall–Kier alpha value is -4.19. The fraction of sp³-hybridized carbons (Fsp3) is 0.190. The molecule has 0 spiro atoms. The third kappa shape index (κ3) is 3.14. The maximum Gasteiger partial charge on any atom is 0.325 e. The van der Waals surface area contributed by atoms with E-state index < -0.39 is 17.5 Å². The van der Waals surface area contributed by atoms with Crippen molar-refractivity contribution in [2.45, 2.75) is 19.0 Å². The van der Waals surface area contributed by atoms with Crippen molar-refractivity contribution in [2.75, 3.05) is 7.11 Å². The van der Waals surface area contributed by atoms with Crippen LogP contribution in [0.2, 0.25) is 0 Å². The van der Waals surface area contributed by atoms with Crippen LogP contribution in [0.15, 0.2) is 53.1 Å². The van der Waals surface area contributed by atoms with Crippen LogP contribution in [-0.2, 0) is 16.9 Å². The molecule has 3 aromatic rings. The number of para-hydroxylation sites is 1. The van der Waals surface area contributed by atoms with Gasteiger partial charge in [-0.05, 0) is 36.8 Å². The van der Waals surface area contributed by atoms with E-state index in [1.807, 2.05) is 18.2 Å². The normalized spacial score (nSPS) is 18.2. The number of imide groups is 1. The average molecular weight is 403 g/mol. The number of aromatic nitrogens is 2. The number of rotatable bonds is 5. The Balaban J connectivity index is 1.57. The van der Waals surface area contributed by atoms with Gasteiger partial charge in [-0.2, -0.15) is 10.2 Å². The third-order valence-electron chi connectivity index (χ3n) is 4.98. The van der Waals surface area contributed by atoms with Crippen LogP contribution in [0.25, 0.3) is 11.4 Å². The van der Waals surface area contributed by atoms with Crippen LogP contribution in [0.5, 0.6) is 5.75 Å². The van der Waals surface area contributed by atoms with Gasteiger partial charge in [-0.15, -0.1) is 0 Å². The number of nitriles is 1. The second kappa shape index (κ2) is 7.33. The molecule has 1 atom stereocenters. The zero-order chi connectivity index (χ0) is 21.3. The molecule has 1 aromatic heterocycles. The van der Waals surface area contributed by atoms with Crippen molar-refractivity contribution >= 4 is 11.9 Å². The van der Waals surface area contributed by atoms with E-state index >= 15 is 0 Å². The lowest BCUT2D eigenvalue weighted by atomic mass is 9.91. The Morgan fingerprint density at radius 1 is 1.20 bits per heavy atom. The summed E-state index contributed by atoms with van der Waals surface area (Å²) in [5.74, 6) is 0.537. The van der Waals surface area contributed by atoms with E-state index in [1.165, 1.54) is 7.11 Å². The number of nitrogens with one attached hydrogen (secondary N) is 1. The van der Waals surface area contributed by atoms with Gasteiger partial charge < -0.3 is 14.6 Å². The van der Waals surface area contributed by atoms with Gasteiger partial charge in [0.05, 0.1) is 24.3 Å². The first-order chi connectivity index (χ1) is 14.5. The standard InChI is InChI=1S/C21H17N5O4/c1-21(14-9-7-13(11-22)8-10-14)19(27)26(20(28)24-21)12-17-23-18(25-30-17)15-5-3-4-6-16(15)29-2/h3-10H,12H2,1-2H3,(H,24,28). The minimum absolute atomic E-state index is 0.114. The van der Waals surface area contributed by atoms with E-state index in [2.05, 4.69) is 15.5 Å². The van der Waals surface area contributed by atoms with Crippen molar-refractivity contribution in [1.29, 1.82) is 5.26 Å². The summed E-state index contributed by atoms with van der Waals surface area (Å²) in [6, 6.07) is 15.1. The molecule has 4 rings (SSSR count). The molecule has 0 radical (unpaired) electrons. The van der Waals surface area contributed by atoms with Crippen LogP contribution < -0.4 is 10.1 Å². The quantitative estimate of drug-likeness (QED) is 0.650. The van der Waals surface area contributed by atoms with Crippen LogP contribution in [0.4, 0.5) is 4.79 Å². The first-order valence-corrected chi connectivity index (χ1v) is 9.07. The third-order valence-corrected chi connectivity index (χ3v) is 4.98. The summed E-state index contributed by atoms with van der Waals surface area (Å²) in [5, 5.41) is 15.6. The highest BCUT2D eigenvalue weighted by atomic mass is 16.5. The summed E-state index contributed by atoms with van der Waals surface area (Å²) < 4.78 is 10.6. The van der Waals surface area contributed by atoms with Crippen LogP contribution in [0.1, 0.15) is 23.9 Å². The summed E-state index contributed by atoms with van der Waals surface area (Å²) in [5.41, 5.74) is 0.416. The number of hydrogen-bond acceptors (Lipinski definition) is 7. The van der Waals surface area contributed by atoms with Crippen molar-refractivity contribution in [1.82, 2.24) is 20.4 Å². The fourth-order valence-corrected chi connectivity index (χ4v) is 3.31. The molecule has 1 aliphatic heterocycles. The molecule has 9 nitrogen and oxygen atoms in total. The maximum absolute atomic E-state index is 13.0. The lowest BCUT2D eigenvalue weighted by Crippen LogP contribution is -2.40. The van der Waals surface area contributed by atoms with Gasteiger partial charge in [-0.3, -0.25) is 9.69 Å². The molecule has 0 bridgehead atoms. The van der Waals surface area contributed by atoms with E-state index in [4.69, 9.17) is 14.5 Å². The summed E-state index contributed by atoms with van der Waals surface area (Å²) in [6.45, 7) is 1.45. The smallest absolute Gasteiger partial charge is 0.325 e. The maximum atomic E-state index is 13.0. The predicted molar refractivity (Wildman–Crippen MR) is 104 cm³/mol. The summed E-state index contributed by atoms with van der Waals surface area (Å²) in [7, 11) is 1.54. The van der Waals surface area contributed by atoms with Crippen molar-refractivity contribution in [2.24, 2.45) is 0 Å². The van der Waals surface area contributed by atoms with Crippen molar-refractivity contribution in [3.05, 3.63) is 65.5 Å². The van der Waals surface area contributed by atoms with E-state index in [1.54, 1.807) is 43.3 Å². The largest absolute Gasteiger partial charge is 0.496 e. The fourth-order valence-electron chi connectivity index (χ4n) is 3.31. The Morgan fingerprint density at radius 2 is 1.93 bits per heavy atom. The molecule has 1 N–H and O–H groups in total. The summed E-state index contributed by atoms with van der Waals surface area (Å²) >= 11 is 0. The minimum atomic E-state index is -1.25. The first kappa shape index (κ1) is 19.1. The van der Waals surface area contributed by atoms with E-state index in [0.29, 0.717) is 28.3 Å². The van der Waals surface area contributed by atoms with Crippen LogP contribution in [-0.4, -0.2) is 34.1 Å². The highest BCUT2D eigenvalue weighted by molar-refractivity contribution is 6.07. The number of nitrogens with zero attached hydrogens (tertiary/aromatic N) is 4. The zero-order valence-electron chi connectivity index (χ0n) is 16.2. The number of carbonyl (C=O) groups excluding carboxylic acids is 2. The van der Waals surface area contributed by atoms with E-state index in [-0.39, 0.29) is 12.4 Å². The molecule has 2 heterocycles. The molecule has 1 unspecified atom stereocenters. The molecule has 1 fully saturated rings. The molecule has 1 saturated heterocycles. The molecule has 1 aliphatic rings. The lowest BCUT2D eigenvalue weighted by Gasteiger charge is -2.22. The number of urea groups is 1. The number of carbonyl (C=O) groups is 2. The molecule has 0 aliphatic carbocycles. The van der Waals surface area contributed by atoms with Crippen LogP contribution in [0.3, 0.4) is 0 Å². The first-order valence-electron chi connectivity index (χ1n) is 9.07. The second-order valence-corrected chi connectivity index (χ2v) is 6.85. The monoisotopic (exact) mass is 403 g/mol. The van der Waals surface area contributed by atoms with Crippen molar-refractivity contribution in [3.8, 4) is 23.2 Å². The van der Waals surface area contributed by atoms with Gasteiger partial charge in [0, 0.05) is 0 Å². The van der Waals surface area contributed by atoms with Gasteiger partial charge in [0.25, 0.3) is 5.91 Å². The Bertz CT molecular complexity index is 1160. The number of ether oxygens (including phenoxy) is 1. The zero-order valence-corrected chi connectivity index (χ0v) is 16.2. The number of amides is 3. The Kier molecular flexibility index (Phi) is 4.68. The highest BCUT2D eigenvalue weighted by Crippen LogP contribution is 2.31. The average Bonchev–Trinajstić information content (AvgIpc) is 3.33. The predicted octanol–water partition coefficient (Wildman–Crippen LogP) is 2.58. The van der Waals surface area contributed by atoms with Gasteiger partial charge in [0.1, 0.15) is 17.8 Å². The van der Waals surface area contributed by atoms with E-state index in [9.17, 15) is 9.59 Å². The number of hydrogen-bond donors (Lipinski definition) is 1. The molecule has 30 heavy (non-hydrogen) atoms. The van der Waals surface area contributed by atoms with Gasteiger partial charge >= 0.3 is 6.03 Å². The van der Waals surface area contributed by atoms with Gasteiger partial charge in [0.15, 0.2) is 0 Å². The Morgan fingerprint density at radius 3 is 2.63 bits per heavy atom. The summed E-state index contributed by atoms with van der Waals surface area (Å²) in [6.07, 6.45) is 0. The number of benzene rings is 2. The number of methoxy groups -OCH3 is 1. The lowest BCUT2D eigenvalue weighted by molar-refractivity contribution is -0.131. The Labute approximate surface area is 171 Å². The van der Waals surface area contributed by atoms with Gasteiger partial charge in [-0.1, -0.05) is 29.4 Å². The minimum Gasteiger partial charge on any atom is -0.496 e. The SMILES string of the molecule is COc1ccccc1-c1noc(CN2C(=O)NC(C)(c3ccc(C#N)cc3)C2=O)n1.